The van der Waals surface area contributed by atoms with Crippen LogP contribution in [0.4, 0.5) is 4.39 Å². The number of benzene rings is 1. The smallest absolute Gasteiger partial charge is 0.256 e. The molecule has 0 unspecified atom stereocenters. The minimum atomic E-state index is -0.573. The van der Waals surface area contributed by atoms with E-state index in [1.165, 1.54) is 25.6 Å². The Kier molecular flexibility index (Phi) is 6.80. The first-order valence-corrected chi connectivity index (χ1v) is 10.00. The summed E-state index contributed by atoms with van der Waals surface area (Å²) in [4.78, 5) is 37.6. The van der Waals surface area contributed by atoms with Crippen molar-refractivity contribution in [3.8, 4) is 0 Å². The van der Waals surface area contributed by atoms with Crippen LogP contribution in [0.3, 0.4) is 0 Å². The predicted octanol–water partition coefficient (Wildman–Crippen LogP) is 2.82. The fraction of sp³-hybridized carbons (Fsp3) is 0.409. The van der Waals surface area contributed by atoms with Crippen molar-refractivity contribution in [2.75, 3.05) is 13.6 Å². The van der Waals surface area contributed by atoms with Crippen molar-refractivity contribution in [3.63, 3.8) is 0 Å². The third-order valence-electron chi connectivity index (χ3n) is 5.37. The Hall–Kier alpha value is -2.96. The van der Waals surface area contributed by atoms with E-state index >= 15 is 0 Å². The molecule has 29 heavy (non-hydrogen) atoms. The highest BCUT2D eigenvalue weighted by atomic mass is 19.1. The monoisotopic (exact) mass is 399 g/mol. The zero-order valence-corrected chi connectivity index (χ0v) is 16.5. The molecule has 0 saturated heterocycles. The summed E-state index contributed by atoms with van der Waals surface area (Å²) in [5, 5.41) is 5.21. The molecule has 2 amide bonds. The molecule has 1 aromatic carbocycles. The van der Waals surface area contributed by atoms with Gasteiger partial charge in [0.05, 0.1) is 0 Å². The molecule has 1 aliphatic rings. The Labute approximate surface area is 169 Å². The van der Waals surface area contributed by atoms with Gasteiger partial charge in [0.2, 0.25) is 5.43 Å². The van der Waals surface area contributed by atoms with E-state index in [2.05, 4.69) is 10.6 Å². The number of amides is 2. The van der Waals surface area contributed by atoms with Gasteiger partial charge in [-0.2, -0.15) is 0 Å². The topological polar surface area (TPSA) is 80.2 Å². The Morgan fingerprint density at radius 1 is 1.03 bits per heavy atom. The summed E-state index contributed by atoms with van der Waals surface area (Å²) in [5.41, 5.74) is 0.251. The molecule has 0 bridgehead atoms. The molecule has 2 N–H and O–H groups in total. The van der Waals surface area contributed by atoms with Crippen molar-refractivity contribution < 1.29 is 14.0 Å². The molecule has 3 rings (SSSR count). The number of carbonyl (C=O) groups is 2. The van der Waals surface area contributed by atoms with Gasteiger partial charge in [-0.25, -0.2) is 4.39 Å². The summed E-state index contributed by atoms with van der Waals surface area (Å²) < 4.78 is 14.8. The molecule has 1 aromatic heterocycles. The highest BCUT2D eigenvalue weighted by Crippen LogP contribution is 2.28. The third kappa shape index (κ3) is 5.10. The van der Waals surface area contributed by atoms with Gasteiger partial charge in [0.25, 0.3) is 11.8 Å². The van der Waals surface area contributed by atoms with Gasteiger partial charge in [0, 0.05) is 32.0 Å². The minimum absolute atomic E-state index is 0.0238. The lowest BCUT2D eigenvalue weighted by Gasteiger charge is -2.25. The molecule has 7 heteroatoms. The standard InChI is InChI=1S/C22H26FN3O3/c1-24-21(28)18-13-26(17-5-3-2-4-6-17)14-19(20(18)27)22(29)25-12-11-15-7-9-16(23)10-8-15/h7-10,13-14,17H,2-6,11-12H2,1H3,(H,24,28)(H,25,29). The van der Waals surface area contributed by atoms with Gasteiger partial charge in [-0.15, -0.1) is 0 Å². The van der Waals surface area contributed by atoms with E-state index in [-0.39, 0.29) is 23.0 Å². The molecule has 1 saturated carbocycles. The van der Waals surface area contributed by atoms with Crippen molar-refractivity contribution in [1.29, 1.82) is 0 Å². The fourth-order valence-corrected chi connectivity index (χ4v) is 3.71. The number of aromatic nitrogens is 1. The summed E-state index contributed by atoms with van der Waals surface area (Å²) in [6.07, 6.45) is 8.91. The number of hydrogen-bond acceptors (Lipinski definition) is 3. The Morgan fingerprint density at radius 2 is 1.66 bits per heavy atom. The van der Waals surface area contributed by atoms with E-state index < -0.39 is 17.2 Å². The van der Waals surface area contributed by atoms with E-state index in [4.69, 9.17) is 0 Å². The maximum absolute atomic E-state index is 13.0. The Balaban J connectivity index is 1.79. The number of pyridine rings is 1. The number of carbonyl (C=O) groups excluding carboxylic acids is 2. The molecular formula is C22H26FN3O3. The van der Waals surface area contributed by atoms with Crippen LogP contribution < -0.4 is 16.1 Å². The molecule has 154 valence electrons. The lowest BCUT2D eigenvalue weighted by molar-refractivity contribution is 0.0951. The molecule has 6 nitrogen and oxygen atoms in total. The molecule has 1 aliphatic carbocycles. The average molecular weight is 399 g/mol. The average Bonchev–Trinajstić information content (AvgIpc) is 2.75. The number of nitrogens with zero attached hydrogens (tertiary/aromatic N) is 1. The van der Waals surface area contributed by atoms with Crippen LogP contribution in [0.1, 0.15) is 64.4 Å². The highest BCUT2D eigenvalue weighted by Gasteiger charge is 2.22. The summed E-state index contributed by atoms with van der Waals surface area (Å²) in [5.74, 6) is -1.32. The van der Waals surface area contributed by atoms with Crippen LogP contribution >= 0.6 is 0 Å². The lowest BCUT2D eigenvalue weighted by atomic mass is 9.95. The van der Waals surface area contributed by atoms with Crippen LogP contribution in [-0.4, -0.2) is 30.0 Å². The van der Waals surface area contributed by atoms with Gasteiger partial charge < -0.3 is 15.2 Å². The van der Waals surface area contributed by atoms with E-state index in [0.29, 0.717) is 13.0 Å². The first-order valence-electron chi connectivity index (χ1n) is 10.00. The number of halogens is 1. The fourth-order valence-electron chi connectivity index (χ4n) is 3.71. The highest BCUT2D eigenvalue weighted by molar-refractivity contribution is 5.99. The zero-order chi connectivity index (χ0) is 20.8. The molecule has 2 aromatic rings. The largest absolute Gasteiger partial charge is 0.355 e. The van der Waals surface area contributed by atoms with Crippen LogP contribution in [-0.2, 0) is 6.42 Å². The molecule has 1 heterocycles. The normalized spacial score (nSPS) is 14.4. The Bertz CT molecular complexity index is 931. The first-order chi connectivity index (χ1) is 14.0. The SMILES string of the molecule is CNC(=O)c1cn(C2CCCCC2)cc(C(=O)NCCc2ccc(F)cc2)c1=O. The zero-order valence-electron chi connectivity index (χ0n) is 16.5. The molecule has 0 atom stereocenters. The van der Waals surface area contributed by atoms with Crippen LogP contribution in [0.25, 0.3) is 0 Å². The second-order valence-corrected chi connectivity index (χ2v) is 7.37. The maximum Gasteiger partial charge on any atom is 0.256 e. The first kappa shape index (κ1) is 20.8. The van der Waals surface area contributed by atoms with Crippen LogP contribution in [0, 0.1) is 5.82 Å². The number of rotatable bonds is 6. The van der Waals surface area contributed by atoms with Gasteiger partial charge in [-0.1, -0.05) is 31.4 Å². The molecular weight excluding hydrogens is 373 g/mol. The number of hydrogen-bond donors (Lipinski definition) is 2. The molecule has 0 spiro atoms. The maximum atomic E-state index is 13.0. The quantitative estimate of drug-likeness (QED) is 0.784. The molecule has 0 radical (unpaired) electrons. The summed E-state index contributed by atoms with van der Waals surface area (Å²) in [6, 6.07) is 6.23. The van der Waals surface area contributed by atoms with E-state index in [9.17, 15) is 18.8 Å². The van der Waals surface area contributed by atoms with Crippen molar-refractivity contribution in [2.45, 2.75) is 44.6 Å². The second-order valence-electron chi connectivity index (χ2n) is 7.37. The third-order valence-corrected chi connectivity index (χ3v) is 5.37. The van der Waals surface area contributed by atoms with Gasteiger partial charge in [-0.05, 0) is 37.0 Å². The minimum Gasteiger partial charge on any atom is -0.355 e. The Morgan fingerprint density at radius 3 is 2.28 bits per heavy atom. The second kappa shape index (κ2) is 9.49. The van der Waals surface area contributed by atoms with E-state index in [0.717, 1.165) is 31.2 Å². The molecule has 1 fully saturated rings. The van der Waals surface area contributed by atoms with E-state index in [1.54, 1.807) is 24.5 Å². The van der Waals surface area contributed by atoms with E-state index in [1.807, 2.05) is 4.57 Å². The van der Waals surface area contributed by atoms with Gasteiger partial charge >= 0.3 is 0 Å². The van der Waals surface area contributed by atoms with Crippen LogP contribution in [0.5, 0.6) is 0 Å². The van der Waals surface area contributed by atoms with Crippen LogP contribution in [0.15, 0.2) is 41.5 Å². The summed E-state index contributed by atoms with van der Waals surface area (Å²) >= 11 is 0. The van der Waals surface area contributed by atoms with Crippen molar-refractivity contribution in [2.24, 2.45) is 0 Å². The van der Waals surface area contributed by atoms with Crippen LogP contribution in [0.2, 0.25) is 0 Å². The van der Waals surface area contributed by atoms with Crippen molar-refractivity contribution >= 4 is 11.8 Å². The molecule has 0 aliphatic heterocycles. The lowest BCUT2D eigenvalue weighted by Crippen LogP contribution is -2.35. The summed E-state index contributed by atoms with van der Waals surface area (Å²) in [6.45, 7) is 0.303. The summed E-state index contributed by atoms with van der Waals surface area (Å²) in [7, 11) is 1.46. The van der Waals surface area contributed by atoms with Gasteiger partial charge in [0.15, 0.2) is 0 Å². The van der Waals surface area contributed by atoms with Crippen molar-refractivity contribution in [3.05, 3.63) is 69.4 Å². The number of nitrogens with one attached hydrogen (secondary N) is 2. The van der Waals surface area contributed by atoms with Gasteiger partial charge in [-0.3, -0.25) is 14.4 Å². The van der Waals surface area contributed by atoms with Crippen molar-refractivity contribution in [1.82, 2.24) is 15.2 Å². The predicted molar refractivity (Wildman–Crippen MR) is 109 cm³/mol. The van der Waals surface area contributed by atoms with Gasteiger partial charge in [0.1, 0.15) is 16.9 Å².